The first-order valence-electron chi connectivity index (χ1n) is 4.40. The molecule has 0 saturated heterocycles. The number of hydrogen-bond donors (Lipinski definition) is 0. The summed E-state index contributed by atoms with van der Waals surface area (Å²) in [5, 5.41) is 0. The van der Waals surface area contributed by atoms with Crippen LogP contribution in [0.4, 0.5) is 8.78 Å². The van der Waals surface area contributed by atoms with Crippen molar-refractivity contribution in [1.82, 2.24) is 0 Å². The third-order valence-corrected chi connectivity index (χ3v) is 1.99. The molecule has 0 bridgehead atoms. The van der Waals surface area contributed by atoms with Crippen molar-refractivity contribution < 1.29 is 8.78 Å². The summed E-state index contributed by atoms with van der Waals surface area (Å²) in [7, 11) is 0. The molecule has 68 valence electrons. The SMILES string of the molecule is CCCC(CCC)C(C)(F)F. The second-order valence-corrected chi connectivity index (χ2v) is 3.23. The molecule has 0 amide bonds. The maximum Gasteiger partial charge on any atom is 0.248 e. The third kappa shape index (κ3) is 4.33. The summed E-state index contributed by atoms with van der Waals surface area (Å²) in [6.07, 6.45) is 3.01. The van der Waals surface area contributed by atoms with Gasteiger partial charge in [0.15, 0.2) is 0 Å². The smallest absolute Gasteiger partial charge is 0.207 e. The van der Waals surface area contributed by atoms with Gasteiger partial charge >= 0.3 is 0 Å². The topological polar surface area (TPSA) is 0 Å². The van der Waals surface area contributed by atoms with Gasteiger partial charge in [-0.1, -0.05) is 26.7 Å². The quantitative estimate of drug-likeness (QED) is 0.578. The lowest BCUT2D eigenvalue weighted by Gasteiger charge is -2.22. The summed E-state index contributed by atoms with van der Waals surface area (Å²) in [6, 6.07) is 0. The zero-order valence-corrected chi connectivity index (χ0v) is 7.66. The van der Waals surface area contributed by atoms with E-state index < -0.39 is 11.8 Å². The van der Waals surface area contributed by atoms with Crippen LogP contribution in [0.15, 0.2) is 0 Å². The minimum atomic E-state index is -2.48. The fourth-order valence-electron chi connectivity index (χ4n) is 1.35. The second-order valence-electron chi connectivity index (χ2n) is 3.23. The Hall–Kier alpha value is -0.140. The first kappa shape index (κ1) is 10.9. The van der Waals surface area contributed by atoms with E-state index in [2.05, 4.69) is 0 Å². The molecule has 2 heteroatoms. The first-order valence-corrected chi connectivity index (χ1v) is 4.40. The van der Waals surface area contributed by atoms with Crippen LogP contribution in [0.3, 0.4) is 0 Å². The lowest BCUT2D eigenvalue weighted by Crippen LogP contribution is -2.23. The van der Waals surface area contributed by atoms with E-state index in [-0.39, 0.29) is 0 Å². The van der Waals surface area contributed by atoms with Crippen molar-refractivity contribution in [2.45, 2.75) is 52.4 Å². The van der Waals surface area contributed by atoms with E-state index in [1.807, 2.05) is 13.8 Å². The molecule has 11 heavy (non-hydrogen) atoms. The molecule has 0 fully saturated rings. The van der Waals surface area contributed by atoms with Crippen LogP contribution in [0.2, 0.25) is 0 Å². The number of hydrogen-bond acceptors (Lipinski definition) is 0. The molecular weight excluding hydrogens is 146 g/mol. The predicted molar refractivity (Wildman–Crippen MR) is 43.9 cm³/mol. The van der Waals surface area contributed by atoms with Gasteiger partial charge in [0.25, 0.3) is 0 Å². The minimum Gasteiger partial charge on any atom is -0.207 e. The molecule has 0 N–H and O–H groups in total. The Balaban J connectivity index is 3.88. The molecule has 0 saturated carbocycles. The molecule has 0 aliphatic rings. The summed E-state index contributed by atoms with van der Waals surface area (Å²) in [6.45, 7) is 4.94. The molecule has 0 aromatic rings. The van der Waals surface area contributed by atoms with Crippen LogP contribution in [0.5, 0.6) is 0 Å². The highest BCUT2D eigenvalue weighted by atomic mass is 19.3. The zero-order valence-electron chi connectivity index (χ0n) is 7.66. The van der Waals surface area contributed by atoms with Crippen molar-refractivity contribution in [3.05, 3.63) is 0 Å². The molecule has 0 radical (unpaired) electrons. The van der Waals surface area contributed by atoms with Crippen LogP contribution in [0.25, 0.3) is 0 Å². The van der Waals surface area contributed by atoms with Crippen molar-refractivity contribution >= 4 is 0 Å². The maximum absolute atomic E-state index is 12.8. The van der Waals surface area contributed by atoms with Crippen molar-refractivity contribution in [3.8, 4) is 0 Å². The van der Waals surface area contributed by atoms with E-state index in [1.165, 1.54) is 0 Å². The summed E-state index contributed by atoms with van der Waals surface area (Å²) < 4.78 is 25.5. The van der Waals surface area contributed by atoms with Crippen molar-refractivity contribution in [3.63, 3.8) is 0 Å². The number of rotatable bonds is 5. The average molecular weight is 164 g/mol. The highest BCUT2D eigenvalue weighted by molar-refractivity contribution is 4.71. The fraction of sp³-hybridized carbons (Fsp3) is 1.00. The molecule has 0 aromatic carbocycles. The molecule has 0 aliphatic carbocycles. The monoisotopic (exact) mass is 164 g/mol. The van der Waals surface area contributed by atoms with Gasteiger partial charge in [-0.25, -0.2) is 8.78 Å². The van der Waals surface area contributed by atoms with Gasteiger partial charge in [0, 0.05) is 5.92 Å². The predicted octanol–water partition coefficient (Wildman–Crippen LogP) is 3.86. The molecule has 0 rings (SSSR count). The highest BCUT2D eigenvalue weighted by Crippen LogP contribution is 2.31. The standard InChI is InChI=1S/C9H18F2/c1-4-6-8(7-5-2)9(3,10)11/h8H,4-7H2,1-3H3. The Morgan fingerprint density at radius 3 is 1.64 bits per heavy atom. The van der Waals surface area contributed by atoms with Crippen molar-refractivity contribution in [2.75, 3.05) is 0 Å². The summed E-state index contributed by atoms with van der Waals surface area (Å²) in [4.78, 5) is 0. The summed E-state index contributed by atoms with van der Waals surface area (Å²) in [5.41, 5.74) is 0. The molecule has 0 aromatic heterocycles. The van der Waals surface area contributed by atoms with Gasteiger partial charge in [-0.2, -0.15) is 0 Å². The van der Waals surface area contributed by atoms with Crippen LogP contribution in [0.1, 0.15) is 46.5 Å². The molecule has 0 nitrogen and oxygen atoms in total. The van der Waals surface area contributed by atoms with E-state index in [4.69, 9.17) is 0 Å². The Morgan fingerprint density at radius 2 is 1.45 bits per heavy atom. The molecule has 0 spiro atoms. The molecule has 0 aliphatic heterocycles. The van der Waals surface area contributed by atoms with Crippen LogP contribution in [0, 0.1) is 5.92 Å². The van der Waals surface area contributed by atoms with Crippen LogP contribution in [-0.4, -0.2) is 5.92 Å². The average Bonchev–Trinajstić information content (AvgIpc) is 1.85. The van der Waals surface area contributed by atoms with Crippen molar-refractivity contribution in [2.24, 2.45) is 5.92 Å². The van der Waals surface area contributed by atoms with E-state index in [0.717, 1.165) is 19.8 Å². The molecular formula is C9H18F2. The maximum atomic E-state index is 12.8. The molecule has 0 unspecified atom stereocenters. The number of halogens is 2. The zero-order chi connectivity index (χ0) is 8.91. The Bertz CT molecular complexity index is 88.2. The molecule has 0 atom stereocenters. The van der Waals surface area contributed by atoms with Crippen molar-refractivity contribution in [1.29, 1.82) is 0 Å². The van der Waals surface area contributed by atoms with Gasteiger partial charge < -0.3 is 0 Å². The van der Waals surface area contributed by atoms with Gasteiger partial charge in [-0.15, -0.1) is 0 Å². The Kier molecular flexibility index (Phi) is 4.62. The van der Waals surface area contributed by atoms with Crippen LogP contribution < -0.4 is 0 Å². The normalized spacial score (nSPS) is 12.5. The van der Waals surface area contributed by atoms with E-state index in [9.17, 15) is 8.78 Å². The van der Waals surface area contributed by atoms with Crippen LogP contribution >= 0.6 is 0 Å². The largest absolute Gasteiger partial charge is 0.248 e. The second kappa shape index (κ2) is 4.68. The molecule has 0 heterocycles. The number of alkyl halides is 2. The highest BCUT2D eigenvalue weighted by Gasteiger charge is 2.31. The summed E-state index contributed by atoms with van der Waals surface area (Å²) in [5.74, 6) is -2.89. The third-order valence-electron chi connectivity index (χ3n) is 1.99. The minimum absolute atomic E-state index is 0.405. The summed E-state index contributed by atoms with van der Waals surface area (Å²) >= 11 is 0. The van der Waals surface area contributed by atoms with E-state index >= 15 is 0 Å². The van der Waals surface area contributed by atoms with Gasteiger partial charge in [-0.05, 0) is 19.8 Å². The van der Waals surface area contributed by atoms with E-state index in [1.54, 1.807) is 0 Å². The van der Waals surface area contributed by atoms with Gasteiger partial charge in [-0.3, -0.25) is 0 Å². The lowest BCUT2D eigenvalue weighted by atomic mass is 9.93. The Morgan fingerprint density at radius 1 is 1.09 bits per heavy atom. The van der Waals surface area contributed by atoms with Gasteiger partial charge in [0.05, 0.1) is 0 Å². The lowest BCUT2D eigenvalue weighted by molar-refractivity contribution is -0.0464. The first-order chi connectivity index (χ1) is 5.02. The van der Waals surface area contributed by atoms with Gasteiger partial charge in [0.2, 0.25) is 5.92 Å². The Labute approximate surface area is 68.0 Å². The fourth-order valence-corrected chi connectivity index (χ4v) is 1.35. The van der Waals surface area contributed by atoms with E-state index in [0.29, 0.717) is 12.8 Å². The van der Waals surface area contributed by atoms with Gasteiger partial charge in [0.1, 0.15) is 0 Å². The van der Waals surface area contributed by atoms with Crippen LogP contribution in [-0.2, 0) is 0 Å².